The highest BCUT2D eigenvalue weighted by Crippen LogP contribution is 2.41. The first kappa shape index (κ1) is 16.1. The second-order valence-electron chi connectivity index (χ2n) is 7.47. The minimum Gasteiger partial charge on any atom is -0.385 e. The SMILES string of the molecule is Cc1cccc2c1NCCC2(C)C(=O)n1nc2c(c1N)CCCC2N. The van der Waals surface area contributed by atoms with Crippen molar-refractivity contribution < 1.29 is 4.79 Å². The second kappa shape index (κ2) is 5.59. The Morgan fingerprint density at radius 1 is 1.44 bits per heavy atom. The van der Waals surface area contributed by atoms with E-state index in [1.165, 1.54) is 4.68 Å². The van der Waals surface area contributed by atoms with Gasteiger partial charge in [0.2, 0.25) is 0 Å². The number of hydrogen-bond donors (Lipinski definition) is 3. The highest BCUT2D eigenvalue weighted by molar-refractivity contribution is 5.94. The van der Waals surface area contributed by atoms with Gasteiger partial charge in [-0.2, -0.15) is 9.78 Å². The van der Waals surface area contributed by atoms with Gasteiger partial charge in [0.05, 0.1) is 11.1 Å². The van der Waals surface area contributed by atoms with Crippen LogP contribution in [0, 0.1) is 6.92 Å². The second-order valence-corrected chi connectivity index (χ2v) is 7.47. The molecule has 0 radical (unpaired) electrons. The summed E-state index contributed by atoms with van der Waals surface area (Å²) in [6, 6.07) is 5.95. The number of carbonyl (C=O) groups is 1. The molecule has 0 bridgehead atoms. The molecule has 2 unspecified atom stereocenters. The third-order valence-electron chi connectivity index (χ3n) is 5.81. The molecule has 2 aromatic rings. The number of nitrogens with zero attached hydrogens (tertiary/aromatic N) is 2. The first-order valence-electron chi connectivity index (χ1n) is 8.95. The number of carbonyl (C=O) groups excluding carboxylic acids is 1. The van der Waals surface area contributed by atoms with Crippen LogP contribution < -0.4 is 16.8 Å². The van der Waals surface area contributed by atoms with Crippen molar-refractivity contribution in [2.45, 2.75) is 51.0 Å². The molecule has 1 aliphatic heterocycles. The lowest BCUT2D eigenvalue weighted by molar-refractivity contribution is 0.0785. The number of nitrogens with two attached hydrogens (primary N) is 2. The predicted molar refractivity (Wildman–Crippen MR) is 98.8 cm³/mol. The van der Waals surface area contributed by atoms with E-state index in [0.717, 1.165) is 53.9 Å². The standard InChI is InChI=1S/C19H25N5O/c1-11-5-3-7-13-15(11)22-10-9-19(13,2)18(25)24-17(21)12-6-4-8-14(20)16(12)23-24/h3,5,7,14,22H,4,6,8-10,20-21H2,1-2H3. The van der Waals surface area contributed by atoms with Gasteiger partial charge in [0.15, 0.2) is 0 Å². The molecule has 6 heteroatoms. The summed E-state index contributed by atoms with van der Waals surface area (Å²) in [5.41, 5.74) is 16.8. The van der Waals surface area contributed by atoms with Crippen LogP contribution in [0.25, 0.3) is 0 Å². The fraction of sp³-hybridized carbons (Fsp3) is 0.474. The summed E-state index contributed by atoms with van der Waals surface area (Å²) >= 11 is 0. The van der Waals surface area contributed by atoms with Gasteiger partial charge in [-0.3, -0.25) is 4.79 Å². The zero-order valence-electron chi connectivity index (χ0n) is 14.8. The number of rotatable bonds is 1. The molecule has 1 aromatic heterocycles. The van der Waals surface area contributed by atoms with Crippen LogP contribution in [-0.4, -0.2) is 22.2 Å². The van der Waals surface area contributed by atoms with Crippen LogP contribution >= 0.6 is 0 Å². The van der Waals surface area contributed by atoms with Crippen LogP contribution in [0.15, 0.2) is 18.2 Å². The van der Waals surface area contributed by atoms with E-state index in [9.17, 15) is 4.79 Å². The lowest BCUT2D eigenvalue weighted by Gasteiger charge is -2.35. The van der Waals surface area contributed by atoms with Crippen molar-refractivity contribution in [2.24, 2.45) is 5.73 Å². The first-order chi connectivity index (χ1) is 11.9. The monoisotopic (exact) mass is 339 g/mol. The normalized spacial score (nSPS) is 25.0. The minimum atomic E-state index is -0.653. The van der Waals surface area contributed by atoms with Gasteiger partial charge >= 0.3 is 0 Å². The molecule has 25 heavy (non-hydrogen) atoms. The Balaban J connectivity index is 1.82. The summed E-state index contributed by atoms with van der Waals surface area (Å²) < 4.78 is 1.41. The third-order valence-corrected chi connectivity index (χ3v) is 5.81. The van der Waals surface area contributed by atoms with Crippen molar-refractivity contribution in [3.8, 4) is 0 Å². The van der Waals surface area contributed by atoms with Gasteiger partial charge in [0.25, 0.3) is 5.91 Å². The lowest BCUT2D eigenvalue weighted by atomic mass is 9.75. The number of aryl methyl sites for hydroxylation is 1. The Labute approximate surface area is 147 Å². The molecule has 2 atom stereocenters. The summed E-state index contributed by atoms with van der Waals surface area (Å²) in [6.07, 6.45) is 3.43. The molecule has 0 saturated carbocycles. The van der Waals surface area contributed by atoms with Gasteiger partial charge in [-0.25, -0.2) is 0 Å². The van der Waals surface area contributed by atoms with Crippen LogP contribution in [-0.2, 0) is 11.8 Å². The van der Waals surface area contributed by atoms with Gasteiger partial charge in [0, 0.05) is 23.8 Å². The predicted octanol–water partition coefficient (Wildman–Crippen LogP) is 2.52. The quantitative estimate of drug-likeness (QED) is 0.741. The van der Waals surface area contributed by atoms with Crippen molar-refractivity contribution >= 4 is 17.4 Å². The third kappa shape index (κ3) is 2.28. The number of anilines is 2. The van der Waals surface area contributed by atoms with E-state index in [1.54, 1.807) is 0 Å². The molecule has 4 rings (SSSR count). The molecule has 1 aliphatic carbocycles. The maximum absolute atomic E-state index is 13.5. The fourth-order valence-electron chi connectivity index (χ4n) is 4.22. The Morgan fingerprint density at radius 2 is 2.24 bits per heavy atom. The Bertz CT molecular complexity index is 856. The molecular formula is C19H25N5O. The molecule has 2 heterocycles. The van der Waals surface area contributed by atoms with Gasteiger partial charge < -0.3 is 16.8 Å². The van der Waals surface area contributed by atoms with Crippen LogP contribution in [0.3, 0.4) is 0 Å². The molecule has 5 N–H and O–H groups in total. The van der Waals surface area contributed by atoms with Crippen molar-refractivity contribution in [3.05, 3.63) is 40.6 Å². The summed E-state index contributed by atoms with van der Waals surface area (Å²) in [4.78, 5) is 13.5. The number of para-hydroxylation sites is 1. The Hall–Kier alpha value is -2.34. The molecule has 132 valence electrons. The van der Waals surface area contributed by atoms with Gasteiger partial charge in [-0.15, -0.1) is 0 Å². The van der Waals surface area contributed by atoms with Crippen molar-refractivity contribution in [1.82, 2.24) is 9.78 Å². The minimum absolute atomic E-state index is 0.0695. The van der Waals surface area contributed by atoms with Crippen LogP contribution in [0.4, 0.5) is 11.5 Å². The molecular weight excluding hydrogens is 314 g/mol. The molecule has 1 aromatic carbocycles. The molecule has 0 fully saturated rings. The summed E-state index contributed by atoms with van der Waals surface area (Å²) in [5.74, 6) is 0.393. The lowest BCUT2D eigenvalue weighted by Crippen LogP contribution is -2.42. The van der Waals surface area contributed by atoms with Gasteiger partial charge in [0.1, 0.15) is 5.82 Å². The molecule has 0 saturated heterocycles. The molecule has 6 nitrogen and oxygen atoms in total. The number of aromatic nitrogens is 2. The van der Waals surface area contributed by atoms with Crippen LogP contribution in [0.2, 0.25) is 0 Å². The average molecular weight is 339 g/mol. The largest absolute Gasteiger partial charge is 0.385 e. The van der Waals surface area contributed by atoms with E-state index in [4.69, 9.17) is 11.5 Å². The van der Waals surface area contributed by atoms with Crippen molar-refractivity contribution in [2.75, 3.05) is 17.6 Å². The summed E-state index contributed by atoms with van der Waals surface area (Å²) in [7, 11) is 0. The molecule has 2 aliphatic rings. The van der Waals surface area contributed by atoms with E-state index in [1.807, 2.05) is 19.1 Å². The maximum atomic E-state index is 13.5. The zero-order valence-corrected chi connectivity index (χ0v) is 14.8. The van der Waals surface area contributed by atoms with Crippen molar-refractivity contribution in [3.63, 3.8) is 0 Å². The van der Waals surface area contributed by atoms with E-state index in [2.05, 4.69) is 23.4 Å². The highest BCUT2D eigenvalue weighted by atomic mass is 16.2. The van der Waals surface area contributed by atoms with E-state index in [0.29, 0.717) is 12.2 Å². The topological polar surface area (TPSA) is 99.0 Å². The number of nitrogens with one attached hydrogen (secondary N) is 1. The summed E-state index contributed by atoms with van der Waals surface area (Å²) in [5, 5.41) is 7.97. The zero-order chi connectivity index (χ0) is 17.8. The van der Waals surface area contributed by atoms with E-state index >= 15 is 0 Å². The number of hydrogen-bond acceptors (Lipinski definition) is 5. The smallest absolute Gasteiger partial charge is 0.259 e. The Kier molecular flexibility index (Phi) is 3.61. The van der Waals surface area contributed by atoms with Crippen LogP contribution in [0.1, 0.15) is 59.4 Å². The van der Waals surface area contributed by atoms with E-state index in [-0.39, 0.29) is 11.9 Å². The summed E-state index contributed by atoms with van der Waals surface area (Å²) in [6.45, 7) is 4.80. The average Bonchev–Trinajstić information content (AvgIpc) is 2.94. The number of fused-ring (bicyclic) bond motifs is 2. The maximum Gasteiger partial charge on any atom is 0.259 e. The molecule has 0 amide bonds. The number of nitrogen functional groups attached to an aromatic ring is 1. The van der Waals surface area contributed by atoms with Crippen LogP contribution in [0.5, 0.6) is 0 Å². The van der Waals surface area contributed by atoms with Gasteiger partial charge in [-0.1, -0.05) is 18.2 Å². The first-order valence-corrected chi connectivity index (χ1v) is 8.95. The fourth-order valence-corrected chi connectivity index (χ4v) is 4.22. The highest BCUT2D eigenvalue weighted by Gasteiger charge is 2.42. The van der Waals surface area contributed by atoms with Gasteiger partial charge in [-0.05, 0) is 50.7 Å². The molecule has 0 spiro atoms. The Morgan fingerprint density at radius 3 is 3.00 bits per heavy atom. The van der Waals surface area contributed by atoms with E-state index < -0.39 is 5.41 Å². The van der Waals surface area contributed by atoms with Crippen molar-refractivity contribution in [1.29, 1.82) is 0 Å². The number of benzene rings is 1.